The number of rotatable bonds is 9. The molecule has 7 nitrogen and oxygen atoms in total. The highest BCUT2D eigenvalue weighted by Gasteiger charge is 2.23. The van der Waals surface area contributed by atoms with Crippen LogP contribution in [0.15, 0.2) is 40.1 Å². The summed E-state index contributed by atoms with van der Waals surface area (Å²) in [7, 11) is -3.45. The number of nitriles is 1. The lowest BCUT2D eigenvalue weighted by Gasteiger charge is -2.06. The third-order valence-electron chi connectivity index (χ3n) is 3.87. The van der Waals surface area contributed by atoms with Gasteiger partial charge in [0.2, 0.25) is 5.91 Å². The molecule has 0 bridgehead atoms. The molecule has 10 heteroatoms. The maximum absolute atomic E-state index is 12.3. The summed E-state index contributed by atoms with van der Waals surface area (Å²) in [5.74, 6) is -1.05. The molecule has 2 rings (SSSR count). The molecule has 1 heterocycles. The molecule has 1 N–H and O–H groups in total. The highest BCUT2D eigenvalue weighted by atomic mass is 32.2. The Hall–Kier alpha value is -2.35. The van der Waals surface area contributed by atoms with Gasteiger partial charge in [0.15, 0.2) is 9.84 Å². The van der Waals surface area contributed by atoms with Crippen molar-refractivity contribution in [1.82, 2.24) is 0 Å². The number of anilines is 1. The van der Waals surface area contributed by atoms with E-state index in [0.29, 0.717) is 20.3 Å². The molecular weight excluding hydrogens is 432 g/mol. The lowest BCUT2D eigenvalue weighted by Crippen LogP contribution is -2.14. The molecule has 0 aliphatic carbocycles. The fourth-order valence-electron chi connectivity index (χ4n) is 2.50. The normalized spacial score (nSPS) is 10.9. The first-order valence-corrected chi connectivity index (χ1v) is 12.0. The first-order valence-electron chi connectivity index (χ1n) is 8.74. The molecule has 2 aromatic rings. The van der Waals surface area contributed by atoms with Gasteiger partial charge in [-0.25, -0.2) is 13.2 Å². The predicted molar refractivity (Wildman–Crippen MR) is 113 cm³/mol. The number of hydrogen-bond acceptors (Lipinski definition) is 8. The highest BCUT2D eigenvalue weighted by molar-refractivity contribution is 8.04. The summed E-state index contributed by atoms with van der Waals surface area (Å²) in [4.78, 5) is 25.4. The Labute approximate surface area is 178 Å². The van der Waals surface area contributed by atoms with Crippen LogP contribution < -0.4 is 5.32 Å². The molecule has 1 aromatic heterocycles. The number of hydrogen-bond donors (Lipinski definition) is 1. The average molecular weight is 453 g/mol. The molecule has 1 aromatic carbocycles. The molecule has 0 unspecified atom stereocenters. The van der Waals surface area contributed by atoms with Crippen LogP contribution in [-0.2, 0) is 19.4 Å². The Balaban J connectivity index is 2.04. The van der Waals surface area contributed by atoms with Crippen molar-refractivity contribution in [2.45, 2.75) is 36.5 Å². The van der Waals surface area contributed by atoms with Gasteiger partial charge >= 0.3 is 5.97 Å². The predicted octanol–water partition coefficient (Wildman–Crippen LogP) is 4.00. The first-order chi connectivity index (χ1) is 13.8. The van der Waals surface area contributed by atoms with Crippen LogP contribution in [0.2, 0.25) is 0 Å². The number of benzene rings is 1. The molecule has 1 amide bonds. The smallest absolute Gasteiger partial charge is 0.348 e. The molecule has 154 valence electrons. The highest BCUT2D eigenvalue weighted by Crippen LogP contribution is 2.40. The monoisotopic (exact) mass is 452 g/mol. The van der Waals surface area contributed by atoms with Crippen molar-refractivity contribution in [3.63, 3.8) is 0 Å². The number of ether oxygens (including phenoxy) is 1. The van der Waals surface area contributed by atoms with Gasteiger partial charge in [-0.2, -0.15) is 5.26 Å². The number of carbonyl (C=O) groups is 2. The number of esters is 1. The molecule has 0 fully saturated rings. The van der Waals surface area contributed by atoms with E-state index in [-0.39, 0.29) is 36.0 Å². The van der Waals surface area contributed by atoms with Crippen LogP contribution in [0, 0.1) is 17.6 Å². The van der Waals surface area contributed by atoms with Crippen molar-refractivity contribution in [3.05, 3.63) is 40.8 Å². The SMILES string of the molecule is CCOC(=O)c1sc(NC(=O)CCCS(=O)(=O)c2ccccc2)c(SC#N)c1C. The van der Waals surface area contributed by atoms with Crippen LogP contribution in [0.5, 0.6) is 0 Å². The number of sulfone groups is 1. The Kier molecular flexibility index (Phi) is 8.25. The molecular formula is C19H20N2O5S3. The van der Waals surface area contributed by atoms with E-state index < -0.39 is 15.8 Å². The number of carbonyl (C=O) groups excluding carboxylic acids is 2. The molecule has 0 spiro atoms. The minimum absolute atomic E-state index is 0.00554. The van der Waals surface area contributed by atoms with Gasteiger partial charge in [-0.1, -0.05) is 18.2 Å². The van der Waals surface area contributed by atoms with E-state index >= 15 is 0 Å². The van der Waals surface area contributed by atoms with Crippen LogP contribution in [0.3, 0.4) is 0 Å². The van der Waals surface area contributed by atoms with E-state index in [1.807, 2.05) is 5.40 Å². The number of nitrogens with zero attached hydrogens (tertiary/aromatic N) is 1. The summed E-state index contributed by atoms with van der Waals surface area (Å²) in [6, 6.07) is 8.07. The summed E-state index contributed by atoms with van der Waals surface area (Å²) in [6.07, 6.45) is 0.146. The summed E-state index contributed by atoms with van der Waals surface area (Å²) >= 11 is 1.89. The molecule has 0 atom stereocenters. The number of thioether (sulfide) groups is 1. The fourth-order valence-corrected chi connectivity index (χ4v) is 5.65. The number of thiocyanates is 1. The maximum atomic E-state index is 12.3. The topological polar surface area (TPSA) is 113 Å². The van der Waals surface area contributed by atoms with Crippen molar-refractivity contribution in [2.75, 3.05) is 17.7 Å². The molecule has 0 aliphatic rings. The van der Waals surface area contributed by atoms with Gasteiger partial charge in [0, 0.05) is 6.42 Å². The van der Waals surface area contributed by atoms with E-state index in [0.717, 1.165) is 23.1 Å². The van der Waals surface area contributed by atoms with E-state index in [2.05, 4.69) is 5.32 Å². The molecule has 0 radical (unpaired) electrons. The van der Waals surface area contributed by atoms with Crippen LogP contribution in [0.4, 0.5) is 5.00 Å². The van der Waals surface area contributed by atoms with Gasteiger partial charge in [0.05, 0.1) is 22.2 Å². The Bertz CT molecular complexity index is 1020. The molecule has 0 saturated heterocycles. The third kappa shape index (κ3) is 6.06. The first kappa shape index (κ1) is 22.9. The standard InChI is InChI=1S/C19H20N2O5S3/c1-3-26-19(23)17-13(2)16(27-12-20)18(28-17)21-15(22)10-7-11-29(24,25)14-8-5-4-6-9-14/h4-6,8-9H,3,7,10-11H2,1-2H3,(H,21,22). The second-order valence-corrected chi connectivity index (χ2v) is 9.84. The second kappa shape index (κ2) is 10.4. The lowest BCUT2D eigenvalue weighted by molar-refractivity contribution is -0.116. The van der Waals surface area contributed by atoms with Gasteiger partial charge < -0.3 is 10.1 Å². The third-order valence-corrected chi connectivity index (χ3v) is 7.81. The van der Waals surface area contributed by atoms with Gasteiger partial charge in [-0.05, 0) is 49.7 Å². The van der Waals surface area contributed by atoms with Crippen molar-refractivity contribution in [3.8, 4) is 5.40 Å². The van der Waals surface area contributed by atoms with E-state index in [1.165, 1.54) is 12.1 Å². The van der Waals surface area contributed by atoms with E-state index in [9.17, 15) is 18.0 Å². The Morgan fingerprint density at radius 1 is 1.28 bits per heavy atom. The fraction of sp³-hybridized carbons (Fsp3) is 0.316. The zero-order chi connectivity index (χ0) is 21.4. The zero-order valence-corrected chi connectivity index (χ0v) is 18.4. The molecule has 0 aliphatic heterocycles. The van der Waals surface area contributed by atoms with Crippen LogP contribution in [0.25, 0.3) is 0 Å². The van der Waals surface area contributed by atoms with E-state index in [4.69, 9.17) is 10.00 Å². The summed E-state index contributed by atoms with van der Waals surface area (Å²) in [5.41, 5.74) is 0.571. The van der Waals surface area contributed by atoms with Gasteiger partial charge in [0.25, 0.3) is 0 Å². The van der Waals surface area contributed by atoms with Gasteiger partial charge in [-0.3, -0.25) is 4.79 Å². The molecule has 0 saturated carbocycles. The summed E-state index contributed by atoms with van der Waals surface area (Å²) in [5, 5.41) is 14.0. The quantitative estimate of drug-likeness (QED) is 0.347. The number of nitrogens with one attached hydrogen (secondary N) is 1. The average Bonchev–Trinajstić information content (AvgIpc) is 2.99. The molecule has 29 heavy (non-hydrogen) atoms. The second-order valence-electron chi connectivity index (χ2n) is 5.91. The maximum Gasteiger partial charge on any atom is 0.348 e. The van der Waals surface area contributed by atoms with Gasteiger partial charge in [-0.15, -0.1) is 11.3 Å². The van der Waals surface area contributed by atoms with Crippen LogP contribution >= 0.6 is 23.1 Å². The minimum Gasteiger partial charge on any atom is -0.462 e. The summed E-state index contributed by atoms with van der Waals surface area (Å²) in [6.45, 7) is 3.59. The van der Waals surface area contributed by atoms with Crippen LogP contribution in [0.1, 0.15) is 35.0 Å². The number of thiophene rings is 1. The van der Waals surface area contributed by atoms with Crippen molar-refractivity contribution in [2.24, 2.45) is 0 Å². The Morgan fingerprint density at radius 2 is 1.97 bits per heavy atom. The summed E-state index contributed by atoms with van der Waals surface area (Å²) < 4.78 is 29.6. The zero-order valence-electron chi connectivity index (χ0n) is 15.9. The van der Waals surface area contributed by atoms with Crippen molar-refractivity contribution in [1.29, 1.82) is 5.26 Å². The Morgan fingerprint density at radius 3 is 2.59 bits per heavy atom. The number of amides is 1. The van der Waals surface area contributed by atoms with Crippen molar-refractivity contribution >= 4 is 49.8 Å². The van der Waals surface area contributed by atoms with E-state index in [1.54, 1.807) is 32.0 Å². The largest absolute Gasteiger partial charge is 0.462 e. The van der Waals surface area contributed by atoms with Crippen LogP contribution in [-0.4, -0.2) is 32.7 Å². The lowest BCUT2D eigenvalue weighted by atomic mass is 10.3. The minimum atomic E-state index is -3.45. The van der Waals surface area contributed by atoms with Gasteiger partial charge in [0.1, 0.15) is 15.3 Å². The van der Waals surface area contributed by atoms with Crippen molar-refractivity contribution < 1.29 is 22.7 Å².